The maximum atomic E-state index is 5.65. The molecule has 0 saturated carbocycles. The second kappa shape index (κ2) is 4.78. The van der Waals surface area contributed by atoms with Crippen LogP contribution in [0.2, 0.25) is 0 Å². The number of hydrogen-bond donors (Lipinski definition) is 0. The van der Waals surface area contributed by atoms with E-state index >= 15 is 0 Å². The van der Waals surface area contributed by atoms with Gasteiger partial charge in [-0.3, -0.25) is 0 Å². The molecule has 0 spiro atoms. The SMILES string of the molecule is COC(C)(C)OCC[C@H]1COC(C)(C)O1. The van der Waals surface area contributed by atoms with Gasteiger partial charge in [-0.15, -0.1) is 0 Å². The Kier molecular flexibility index (Phi) is 4.12. The van der Waals surface area contributed by atoms with Crippen LogP contribution < -0.4 is 0 Å². The van der Waals surface area contributed by atoms with E-state index in [2.05, 4.69) is 0 Å². The summed E-state index contributed by atoms with van der Waals surface area (Å²) in [5.74, 6) is -0.962. The molecule has 1 aliphatic heterocycles. The van der Waals surface area contributed by atoms with Crippen molar-refractivity contribution in [1.82, 2.24) is 0 Å². The van der Waals surface area contributed by atoms with Crippen LogP contribution in [0.4, 0.5) is 0 Å². The standard InChI is InChI=1S/C11H22O4/c1-10(2,12-5)13-7-6-9-8-14-11(3,4)15-9/h9H,6-8H2,1-5H3/t9-/m0/s1. The third-order valence-electron chi connectivity index (χ3n) is 2.45. The van der Waals surface area contributed by atoms with Gasteiger partial charge in [-0.2, -0.15) is 0 Å². The number of methoxy groups -OCH3 is 1. The first-order valence-electron chi connectivity index (χ1n) is 5.35. The van der Waals surface area contributed by atoms with Crippen molar-refractivity contribution in [3.05, 3.63) is 0 Å². The minimum atomic E-state index is -0.519. The molecule has 0 unspecified atom stereocenters. The van der Waals surface area contributed by atoms with E-state index < -0.39 is 11.6 Å². The number of ether oxygens (including phenoxy) is 4. The fourth-order valence-electron chi connectivity index (χ4n) is 1.40. The lowest BCUT2D eigenvalue weighted by atomic mass is 10.3. The van der Waals surface area contributed by atoms with Gasteiger partial charge in [-0.05, 0) is 34.1 Å². The fourth-order valence-corrected chi connectivity index (χ4v) is 1.40. The topological polar surface area (TPSA) is 36.9 Å². The summed E-state index contributed by atoms with van der Waals surface area (Å²) in [6, 6.07) is 0. The van der Waals surface area contributed by atoms with Crippen LogP contribution in [0.25, 0.3) is 0 Å². The van der Waals surface area contributed by atoms with Crippen molar-refractivity contribution in [2.75, 3.05) is 20.3 Å². The van der Waals surface area contributed by atoms with Crippen LogP contribution in [-0.4, -0.2) is 38.0 Å². The Bertz CT molecular complexity index is 201. The van der Waals surface area contributed by atoms with Crippen LogP contribution in [-0.2, 0) is 18.9 Å². The van der Waals surface area contributed by atoms with Gasteiger partial charge in [0.25, 0.3) is 0 Å². The molecule has 0 aliphatic carbocycles. The van der Waals surface area contributed by atoms with Crippen LogP contribution in [0.5, 0.6) is 0 Å². The molecule has 0 aromatic carbocycles. The van der Waals surface area contributed by atoms with E-state index in [9.17, 15) is 0 Å². The van der Waals surface area contributed by atoms with Gasteiger partial charge in [0, 0.05) is 7.11 Å². The maximum Gasteiger partial charge on any atom is 0.163 e. The minimum Gasteiger partial charge on any atom is -0.354 e. The lowest BCUT2D eigenvalue weighted by Gasteiger charge is -2.24. The molecule has 15 heavy (non-hydrogen) atoms. The Morgan fingerprint density at radius 1 is 1.40 bits per heavy atom. The average molecular weight is 218 g/mol. The number of hydrogen-bond acceptors (Lipinski definition) is 4. The zero-order chi connectivity index (χ0) is 11.5. The van der Waals surface area contributed by atoms with Gasteiger partial charge in [-0.1, -0.05) is 0 Å². The van der Waals surface area contributed by atoms with Crippen LogP contribution in [0.1, 0.15) is 34.1 Å². The summed E-state index contributed by atoms with van der Waals surface area (Å²) in [6.45, 7) is 8.89. The smallest absolute Gasteiger partial charge is 0.163 e. The summed E-state index contributed by atoms with van der Waals surface area (Å²) in [5, 5.41) is 0. The summed E-state index contributed by atoms with van der Waals surface area (Å²) >= 11 is 0. The van der Waals surface area contributed by atoms with Crippen molar-refractivity contribution >= 4 is 0 Å². The average Bonchev–Trinajstić information content (AvgIpc) is 2.45. The molecule has 1 rings (SSSR count). The molecule has 1 aliphatic rings. The van der Waals surface area contributed by atoms with Gasteiger partial charge in [-0.25, -0.2) is 0 Å². The van der Waals surface area contributed by atoms with E-state index in [0.717, 1.165) is 6.42 Å². The molecule has 0 amide bonds. The molecule has 0 radical (unpaired) electrons. The lowest BCUT2D eigenvalue weighted by molar-refractivity contribution is -0.201. The first kappa shape index (κ1) is 12.9. The highest BCUT2D eigenvalue weighted by atomic mass is 16.7. The summed E-state index contributed by atoms with van der Waals surface area (Å²) in [7, 11) is 1.64. The Hall–Kier alpha value is -0.160. The molecule has 4 nitrogen and oxygen atoms in total. The van der Waals surface area contributed by atoms with Gasteiger partial charge in [0.2, 0.25) is 0 Å². The molecule has 1 atom stereocenters. The zero-order valence-electron chi connectivity index (χ0n) is 10.3. The molecular formula is C11H22O4. The molecule has 0 bridgehead atoms. The first-order valence-corrected chi connectivity index (χ1v) is 5.35. The predicted octanol–water partition coefficient (Wildman–Crippen LogP) is 1.93. The third-order valence-corrected chi connectivity index (χ3v) is 2.45. The van der Waals surface area contributed by atoms with Crippen LogP contribution in [0.15, 0.2) is 0 Å². The Morgan fingerprint density at radius 3 is 2.53 bits per heavy atom. The summed E-state index contributed by atoms with van der Waals surface area (Å²) < 4.78 is 21.8. The van der Waals surface area contributed by atoms with Crippen molar-refractivity contribution in [2.45, 2.75) is 51.8 Å². The van der Waals surface area contributed by atoms with Crippen molar-refractivity contribution in [3.8, 4) is 0 Å². The second-order valence-electron chi connectivity index (χ2n) is 4.69. The molecule has 4 heteroatoms. The quantitative estimate of drug-likeness (QED) is 0.661. The van der Waals surface area contributed by atoms with E-state index in [0.29, 0.717) is 13.2 Å². The van der Waals surface area contributed by atoms with Gasteiger partial charge >= 0.3 is 0 Å². The molecule has 90 valence electrons. The monoisotopic (exact) mass is 218 g/mol. The molecule has 0 aromatic rings. The molecule has 0 N–H and O–H groups in total. The summed E-state index contributed by atoms with van der Waals surface area (Å²) in [6.07, 6.45) is 0.962. The Morgan fingerprint density at radius 2 is 2.07 bits per heavy atom. The van der Waals surface area contributed by atoms with Crippen molar-refractivity contribution in [2.24, 2.45) is 0 Å². The minimum absolute atomic E-state index is 0.132. The molecule has 1 heterocycles. The van der Waals surface area contributed by atoms with Crippen LogP contribution in [0.3, 0.4) is 0 Å². The van der Waals surface area contributed by atoms with E-state index in [1.807, 2.05) is 27.7 Å². The van der Waals surface area contributed by atoms with Gasteiger partial charge < -0.3 is 18.9 Å². The Balaban J connectivity index is 2.17. The van der Waals surface area contributed by atoms with Crippen LogP contribution in [0, 0.1) is 0 Å². The van der Waals surface area contributed by atoms with Crippen molar-refractivity contribution in [3.63, 3.8) is 0 Å². The maximum absolute atomic E-state index is 5.65. The highest BCUT2D eigenvalue weighted by molar-refractivity contribution is 4.70. The van der Waals surface area contributed by atoms with Crippen LogP contribution >= 0.6 is 0 Å². The zero-order valence-corrected chi connectivity index (χ0v) is 10.3. The number of rotatable bonds is 5. The molecule has 1 saturated heterocycles. The van der Waals surface area contributed by atoms with E-state index in [1.54, 1.807) is 7.11 Å². The fraction of sp³-hybridized carbons (Fsp3) is 1.00. The normalized spacial score (nSPS) is 25.8. The van der Waals surface area contributed by atoms with E-state index in [1.165, 1.54) is 0 Å². The van der Waals surface area contributed by atoms with E-state index in [-0.39, 0.29) is 6.10 Å². The lowest BCUT2D eigenvalue weighted by Crippen LogP contribution is -2.29. The first-order chi connectivity index (χ1) is 6.85. The van der Waals surface area contributed by atoms with Gasteiger partial charge in [0.1, 0.15) is 0 Å². The summed E-state index contributed by atoms with van der Waals surface area (Å²) in [5.41, 5.74) is 0. The third kappa shape index (κ3) is 4.47. The van der Waals surface area contributed by atoms with Gasteiger partial charge in [0.15, 0.2) is 11.6 Å². The van der Waals surface area contributed by atoms with E-state index in [4.69, 9.17) is 18.9 Å². The predicted molar refractivity (Wildman–Crippen MR) is 56.6 cm³/mol. The van der Waals surface area contributed by atoms with Crippen molar-refractivity contribution < 1.29 is 18.9 Å². The molecule has 0 aromatic heterocycles. The molecular weight excluding hydrogens is 196 g/mol. The van der Waals surface area contributed by atoms with Crippen molar-refractivity contribution in [1.29, 1.82) is 0 Å². The highest BCUT2D eigenvalue weighted by Crippen LogP contribution is 2.24. The highest BCUT2D eigenvalue weighted by Gasteiger charge is 2.32. The second-order valence-corrected chi connectivity index (χ2v) is 4.69. The summed E-state index contributed by atoms with van der Waals surface area (Å²) in [4.78, 5) is 0. The van der Waals surface area contributed by atoms with Gasteiger partial charge in [0.05, 0.1) is 19.3 Å². The Labute approximate surface area is 91.8 Å². The largest absolute Gasteiger partial charge is 0.354 e. The molecule has 1 fully saturated rings.